The molecule has 23 rings (SSSR count). The van der Waals surface area contributed by atoms with Crippen LogP contribution in [0.4, 0.5) is 17.1 Å². The van der Waals surface area contributed by atoms with E-state index in [1.165, 1.54) is 135 Å². The number of furan rings is 1. The van der Waals surface area contributed by atoms with Crippen molar-refractivity contribution in [2.75, 3.05) is 4.90 Å². The molecule has 10 aromatic heterocycles. The Kier molecular flexibility index (Phi) is 48.3. The van der Waals surface area contributed by atoms with Crippen molar-refractivity contribution >= 4 is 191 Å². The van der Waals surface area contributed by atoms with E-state index in [-0.39, 0.29) is 147 Å². The molecule has 13 aromatic carbocycles. The number of ketones is 4. The van der Waals surface area contributed by atoms with E-state index in [1.54, 1.807) is 74.2 Å². The minimum atomic E-state index is -0.125. The third kappa shape index (κ3) is 35.2. The molecule has 0 aliphatic heterocycles. The van der Waals surface area contributed by atoms with Gasteiger partial charge < -0.3 is 44.3 Å². The maximum atomic E-state index is 10.0. The number of carbonyl (C=O) groups excluding carboxylic acids is 4. The van der Waals surface area contributed by atoms with Crippen LogP contribution in [0.3, 0.4) is 0 Å². The second-order valence-electron chi connectivity index (χ2n) is 32.0. The van der Waals surface area contributed by atoms with Gasteiger partial charge in [-0.1, -0.05) is 193 Å². The molecule has 149 heavy (non-hydrogen) atoms. The summed E-state index contributed by atoms with van der Waals surface area (Å²) in [6.45, 7) is 13.3. The number of allylic oxidation sites excluding steroid dienone is 8. The van der Waals surface area contributed by atoms with Crippen molar-refractivity contribution in [1.82, 2.24) is 29.5 Å². The average molecular weight is 2960 g/mol. The standard InChI is InChI=1S/C25H15N2S.C25H17N2S.C15H8NS2.C13H8NS.C13H8OS.C11H8N.4C5H8O2.5Ir/c1-2-8-18(9-3-1)27-22-12-6-4-10-19(22)20-16-17(14-15-23(20)27)25-26-21-11-5-7-13-24(21)28-25;1-3-9-20(10-4-1)27(21-11-5-2-6-12-21)22-17-15-19(16-18-22)25-26-23-13-7-8-14-24(23)28-25;1-3-7-12-10(5-1)9-14(17-12)15-16-11-6-2-4-8-13(11)18-15;1-2-7-12-10(5-1)9-13(15-12)11-6-3-4-8-14-11;1-9-6-7-11(14-9)13-8-10-4-2-3-5-12(10)15-13;1-2-6-10(7-3-1)11-8-4-5-9-12-11;4*1-4(6)3-5(2)7;;;;;/h1-13,15-16H;1-15,17-18H;1-8H;1-8H;2-6H,1H3;1-6,8-9H;4*3,6H,1-2H3;;;;;/q4*-1;-2;-1;;;;;;;;;. The minimum Gasteiger partial charge on any atom is -0.586 e. The number of rotatable bonds is 14. The monoisotopic (exact) mass is 2960 g/mol. The summed E-state index contributed by atoms with van der Waals surface area (Å²) in [5.74, 6) is 1.42. The summed E-state index contributed by atoms with van der Waals surface area (Å²) < 4.78 is 15.2. The topological polar surface area (TPSA) is 235 Å². The van der Waals surface area contributed by atoms with E-state index in [4.69, 9.17) is 34.8 Å². The van der Waals surface area contributed by atoms with Crippen LogP contribution >= 0.6 is 68.0 Å². The van der Waals surface area contributed by atoms with E-state index < -0.39 is 0 Å². The SMILES string of the molecule is CC(=O)C=C(C)O.CC(=O)C=C(C)O.CC(=O)C=C(C)O.CC(=O)C=C(C)O.Cc1c[c-]c(-c2[c-]c3ccccc3s2)o1.[Ir].[Ir].[Ir].[Ir].[Ir].[c-]1c(-c2ccccn2)sc2ccccc12.[c-]1c(-c2nc3ccccc3s2)sc2ccccc12.[c-]1cc(N(c2ccccc2)c2ccccc2)ccc1-c1nc2ccccc2s1.[c-]1cc2c(cc1-c1nc3ccccc3s1)c1ccccc1n2-c1ccccc1.[c-]1ccccc1-c1ccccn1. The number of nitrogens with zero attached hydrogens (tertiary/aromatic N) is 7. The van der Waals surface area contributed by atoms with Gasteiger partial charge in [-0.05, 0) is 194 Å². The molecule has 4 N–H and O–H groups in total. The number of anilines is 3. The number of hydrogen-bond donors (Lipinski definition) is 4. The van der Waals surface area contributed by atoms with Crippen molar-refractivity contribution in [2.45, 2.75) is 62.3 Å². The largest absolute Gasteiger partial charge is 0.586 e. The second kappa shape index (κ2) is 60.4. The Morgan fingerprint density at radius 1 is 0.322 bits per heavy atom. The zero-order valence-corrected chi connectivity index (χ0v) is 98.5. The minimum absolute atomic E-state index is 0. The predicted octanol–water partition coefficient (Wildman–Crippen LogP) is 33.6. The average Bonchev–Trinajstić information content (AvgIpc) is 1.59. The first kappa shape index (κ1) is 119. The molecule has 0 aliphatic rings. The zero-order chi connectivity index (χ0) is 101. The van der Waals surface area contributed by atoms with Gasteiger partial charge in [0.05, 0.1) is 44.6 Å². The van der Waals surface area contributed by atoms with Crippen molar-refractivity contribution in [1.29, 1.82) is 0 Å². The molecule has 16 nitrogen and oxygen atoms in total. The number of carbonyl (C=O) groups is 4. The molecule has 23 aromatic rings. The predicted molar refractivity (Wildman–Crippen MR) is 599 cm³/mol. The Morgan fingerprint density at radius 2 is 0.711 bits per heavy atom. The van der Waals surface area contributed by atoms with Crippen LogP contribution in [-0.2, 0) is 120 Å². The van der Waals surface area contributed by atoms with Crippen LogP contribution in [0.15, 0.2) is 422 Å². The Labute approximate surface area is 957 Å². The number of aromatic nitrogens is 6. The van der Waals surface area contributed by atoms with E-state index in [1.807, 2.05) is 141 Å². The number of thiophene rings is 3. The van der Waals surface area contributed by atoms with E-state index in [0.29, 0.717) is 0 Å². The van der Waals surface area contributed by atoms with Gasteiger partial charge in [0.1, 0.15) is 0 Å². The first-order chi connectivity index (χ1) is 69.9. The van der Waals surface area contributed by atoms with Gasteiger partial charge in [-0.25, -0.2) is 22.7 Å². The molecule has 5 radical (unpaired) electrons. The molecule has 10 heterocycles. The summed E-state index contributed by atoms with van der Waals surface area (Å²) in [5.41, 5.74) is 15.1. The number of benzene rings is 13. The number of thiazole rings is 3. The van der Waals surface area contributed by atoms with Crippen LogP contribution < -0.4 is 4.90 Å². The molecule has 761 valence electrons. The fourth-order valence-corrected chi connectivity index (χ4v) is 20.3. The Hall–Kier alpha value is -13.3. The molecule has 0 bridgehead atoms. The van der Waals surface area contributed by atoms with Gasteiger partial charge in [0.2, 0.25) is 0 Å². The first-order valence-corrected chi connectivity index (χ1v) is 50.3. The van der Waals surface area contributed by atoms with Crippen molar-refractivity contribution in [3.05, 3.63) is 466 Å². The van der Waals surface area contributed by atoms with Crippen molar-refractivity contribution in [3.63, 3.8) is 0 Å². The van der Waals surface area contributed by atoms with Crippen molar-refractivity contribution in [3.8, 4) is 69.2 Å². The summed E-state index contributed by atoms with van der Waals surface area (Å²) in [7, 11) is 0. The van der Waals surface area contributed by atoms with Crippen molar-refractivity contribution < 1.29 is 145 Å². The van der Waals surface area contributed by atoms with Gasteiger partial charge >= 0.3 is 0 Å². The van der Waals surface area contributed by atoms with Crippen LogP contribution in [-0.4, -0.2) is 73.0 Å². The number of aryl methyl sites for hydroxylation is 1. The number of aliphatic hydroxyl groups excluding tert-OH is 4. The van der Waals surface area contributed by atoms with Gasteiger partial charge in [0.15, 0.2) is 23.1 Å². The zero-order valence-electron chi connectivity index (χ0n) is 81.6. The quantitative estimate of drug-likeness (QED) is 0.0450. The molecular formula is C122H96Ir5N7O9S6-7. The van der Waals surface area contributed by atoms with Gasteiger partial charge in [-0.15, -0.1) is 165 Å². The maximum absolute atomic E-state index is 10.0. The molecule has 0 aliphatic carbocycles. The van der Waals surface area contributed by atoms with Crippen LogP contribution in [0, 0.1) is 49.4 Å². The van der Waals surface area contributed by atoms with Crippen molar-refractivity contribution in [2.24, 2.45) is 0 Å². The third-order valence-electron chi connectivity index (χ3n) is 20.4. The van der Waals surface area contributed by atoms with E-state index >= 15 is 0 Å². The number of aliphatic hydroxyl groups is 4. The molecule has 0 amide bonds. The Morgan fingerprint density at radius 3 is 1.13 bits per heavy atom. The molecular weight excluding hydrogens is 2860 g/mol. The smallest absolute Gasteiger partial charge is 0.155 e. The fourth-order valence-electron chi connectivity index (χ4n) is 14.4. The van der Waals surface area contributed by atoms with Gasteiger partial charge in [-0.3, -0.25) is 45.5 Å². The van der Waals surface area contributed by atoms with Crippen LogP contribution in [0.25, 0.3) is 152 Å². The van der Waals surface area contributed by atoms with Crippen LogP contribution in [0.5, 0.6) is 0 Å². The molecule has 0 saturated carbocycles. The fraction of sp³-hybridized carbons (Fsp3) is 0.0738. The van der Waals surface area contributed by atoms with Gasteiger partial charge in [-0.2, -0.15) is 46.1 Å². The number of fused-ring (bicyclic) bond motifs is 9. The van der Waals surface area contributed by atoms with E-state index in [2.05, 4.69) is 297 Å². The molecule has 0 spiro atoms. The number of para-hydroxylation sites is 7. The normalized spacial score (nSPS) is 10.7. The number of pyridine rings is 2. The maximum Gasteiger partial charge on any atom is 0.155 e. The Bertz CT molecular complexity index is 7890. The second-order valence-corrected chi connectivity index (χ2v) is 38.3. The van der Waals surface area contributed by atoms with E-state index in [9.17, 15) is 19.2 Å². The molecule has 0 saturated heterocycles. The Balaban J connectivity index is 0.000000191. The molecule has 0 fully saturated rings. The summed E-state index contributed by atoms with van der Waals surface area (Å²) in [6, 6.07) is 145. The molecule has 0 unspecified atom stereocenters. The third-order valence-corrected chi connectivity index (χ3v) is 26.9. The van der Waals surface area contributed by atoms with Gasteiger partial charge in [0.25, 0.3) is 0 Å². The first-order valence-electron chi connectivity index (χ1n) is 45.4. The molecule has 0 atom stereocenters. The number of hydrogen-bond acceptors (Lipinski definition) is 21. The molecule has 27 heteroatoms. The summed E-state index contributed by atoms with van der Waals surface area (Å²) in [6.07, 6.45) is 8.27. The van der Waals surface area contributed by atoms with E-state index in [0.717, 1.165) is 119 Å². The van der Waals surface area contributed by atoms with Gasteiger partial charge in [0, 0.05) is 190 Å². The van der Waals surface area contributed by atoms with Crippen LogP contribution in [0.1, 0.15) is 61.2 Å². The summed E-state index contributed by atoms with van der Waals surface area (Å²) >= 11 is 10.3. The summed E-state index contributed by atoms with van der Waals surface area (Å²) in [5, 5.41) is 42.5. The summed E-state index contributed by atoms with van der Waals surface area (Å²) in [4.78, 5) is 68.3. The van der Waals surface area contributed by atoms with Crippen LogP contribution in [0.2, 0.25) is 0 Å².